The summed E-state index contributed by atoms with van der Waals surface area (Å²) in [5.74, 6) is -1.26. The van der Waals surface area contributed by atoms with Crippen molar-refractivity contribution in [2.45, 2.75) is 32.7 Å². The molecular formula is C16H22N2O3. The van der Waals surface area contributed by atoms with Gasteiger partial charge < -0.3 is 15.3 Å². The molecule has 1 aliphatic rings. The van der Waals surface area contributed by atoms with Gasteiger partial charge in [0, 0.05) is 19.6 Å². The molecule has 1 unspecified atom stereocenters. The van der Waals surface area contributed by atoms with E-state index in [1.165, 1.54) is 11.1 Å². The molecule has 5 heteroatoms. The number of carbonyl (C=O) groups is 2. The smallest absolute Gasteiger partial charge is 0.317 e. The van der Waals surface area contributed by atoms with E-state index < -0.39 is 11.9 Å². The molecule has 1 heterocycles. The molecule has 0 saturated heterocycles. The first-order chi connectivity index (χ1) is 10.1. The summed E-state index contributed by atoms with van der Waals surface area (Å²) in [5, 5.41) is 11.6. The van der Waals surface area contributed by atoms with Crippen molar-refractivity contribution in [3.8, 4) is 0 Å². The fourth-order valence-electron chi connectivity index (χ4n) is 2.50. The molecule has 114 valence electrons. The van der Waals surface area contributed by atoms with Crippen molar-refractivity contribution in [3.63, 3.8) is 0 Å². The third-order valence-corrected chi connectivity index (χ3v) is 3.92. The maximum absolute atomic E-state index is 12.2. The van der Waals surface area contributed by atoms with Crippen molar-refractivity contribution in [1.29, 1.82) is 0 Å². The van der Waals surface area contributed by atoms with Crippen LogP contribution in [0, 0.1) is 5.92 Å². The lowest BCUT2D eigenvalue weighted by Gasteiger charge is -2.21. The lowest BCUT2D eigenvalue weighted by Crippen LogP contribution is -2.40. The zero-order valence-corrected chi connectivity index (χ0v) is 12.3. The first-order valence-electron chi connectivity index (χ1n) is 7.40. The van der Waals surface area contributed by atoms with Gasteiger partial charge in [0.05, 0.1) is 5.92 Å². The number of nitrogens with zero attached hydrogens (tertiary/aromatic N) is 1. The van der Waals surface area contributed by atoms with Gasteiger partial charge in [-0.25, -0.2) is 4.79 Å². The highest BCUT2D eigenvalue weighted by molar-refractivity contribution is 5.74. The van der Waals surface area contributed by atoms with E-state index in [1.807, 2.05) is 12.1 Å². The minimum absolute atomic E-state index is 0.107. The maximum atomic E-state index is 12.2. The Labute approximate surface area is 125 Å². The van der Waals surface area contributed by atoms with Crippen LogP contribution in [-0.4, -0.2) is 35.1 Å². The molecule has 0 aliphatic carbocycles. The summed E-state index contributed by atoms with van der Waals surface area (Å²) < 4.78 is 0. The predicted octanol–water partition coefficient (Wildman–Crippen LogP) is 2.26. The summed E-state index contributed by atoms with van der Waals surface area (Å²) in [6, 6.07) is 8.10. The van der Waals surface area contributed by atoms with E-state index in [0.717, 1.165) is 19.4 Å². The van der Waals surface area contributed by atoms with Gasteiger partial charge in [-0.1, -0.05) is 31.2 Å². The molecule has 0 radical (unpaired) electrons. The quantitative estimate of drug-likeness (QED) is 0.893. The van der Waals surface area contributed by atoms with Crippen LogP contribution in [0.5, 0.6) is 0 Å². The van der Waals surface area contributed by atoms with Crippen molar-refractivity contribution in [2.75, 3.05) is 13.1 Å². The summed E-state index contributed by atoms with van der Waals surface area (Å²) in [6.07, 6.45) is 2.40. The predicted molar refractivity (Wildman–Crippen MR) is 80.0 cm³/mol. The monoisotopic (exact) mass is 290 g/mol. The topological polar surface area (TPSA) is 69.6 Å². The highest BCUT2D eigenvalue weighted by atomic mass is 16.4. The SMILES string of the molecule is CC(CCNC(=O)N1CCCc2ccccc2C1)C(=O)O. The number of carboxylic acids is 1. The molecule has 0 spiro atoms. The van der Waals surface area contributed by atoms with Crippen molar-refractivity contribution in [2.24, 2.45) is 5.92 Å². The normalized spacial score (nSPS) is 15.8. The Bertz CT molecular complexity index is 516. The van der Waals surface area contributed by atoms with Crippen LogP contribution in [0.4, 0.5) is 4.79 Å². The van der Waals surface area contributed by atoms with Gasteiger partial charge in [0.15, 0.2) is 0 Å². The van der Waals surface area contributed by atoms with Crippen molar-refractivity contribution in [1.82, 2.24) is 10.2 Å². The second-order valence-corrected chi connectivity index (χ2v) is 5.55. The number of fused-ring (bicyclic) bond motifs is 1. The fourth-order valence-corrected chi connectivity index (χ4v) is 2.50. The van der Waals surface area contributed by atoms with Crippen LogP contribution in [0.15, 0.2) is 24.3 Å². The minimum Gasteiger partial charge on any atom is -0.481 e. The number of rotatable bonds is 4. The Hall–Kier alpha value is -2.04. The third-order valence-electron chi connectivity index (χ3n) is 3.92. The number of amides is 2. The van der Waals surface area contributed by atoms with E-state index in [1.54, 1.807) is 11.8 Å². The van der Waals surface area contributed by atoms with E-state index in [0.29, 0.717) is 19.5 Å². The molecule has 0 bridgehead atoms. The van der Waals surface area contributed by atoms with E-state index in [4.69, 9.17) is 5.11 Å². The van der Waals surface area contributed by atoms with Crippen LogP contribution in [0.1, 0.15) is 30.9 Å². The summed E-state index contributed by atoms with van der Waals surface area (Å²) in [4.78, 5) is 24.7. The summed E-state index contributed by atoms with van der Waals surface area (Å²) >= 11 is 0. The number of hydrogen-bond donors (Lipinski definition) is 2. The average Bonchev–Trinajstić information content (AvgIpc) is 2.69. The Balaban J connectivity index is 1.87. The number of aryl methyl sites for hydroxylation is 1. The van der Waals surface area contributed by atoms with Gasteiger partial charge >= 0.3 is 12.0 Å². The Morgan fingerprint density at radius 3 is 2.76 bits per heavy atom. The number of carboxylic acid groups (broad SMARTS) is 1. The minimum atomic E-state index is -0.826. The van der Waals surface area contributed by atoms with Crippen LogP contribution in [0.3, 0.4) is 0 Å². The van der Waals surface area contributed by atoms with Crippen molar-refractivity contribution in [3.05, 3.63) is 35.4 Å². The highest BCUT2D eigenvalue weighted by Crippen LogP contribution is 2.18. The molecule has 5 nitrogen and oxygen atoms in total. The Kier molecular flexibility index (Phi) is 5.20. The summed E-state index contributed by atoms with van der Waals surface area (Å²) in [7, 11) is 0. The van der Waals surface area contributed by atoms with E-state index >= 15 is 0 Å². The number of urea groups is 1. The molecule has 21 heavy (non-hydrogen) atoms. The zero-order valence-electron chi connectivity index (χ0n) is 12.3. The molecule has 1 aromatic rings. The largest absolute Gasteiger partial charge is 0.481 e. The molecule has 0 saturated carbocycles. The van der Waals surface area contributed by atoms with Gasteiger partial charge in [-0.15, -0.1) is 0 Å². The molecule has 0 fully saturated rings. The number of benzene rings is 1. The second kappa shape index (κ2) is 7.11. The molecule has 2 amide bonds. The molecule has 1 aromatic carbocycles. The molecule has 1 aliphatic heterocycles. The standard InChI is InChI=1S/C16H22N2O3/c1-12(15(19)20)8-9-17-16(21)18-10-4-7-13-5-2-3-6-14(13)11-18/h2-3,5-6,12H,4,7-11H2,1H3,(H,17,21)(H,19,20). The van der Waals surface area contributed by atoms with Gasteiger partial charge in [-0.3, -0.25) is 4.79 Å². The molecule has 0 aromatic heterocycles. The summed E-state index contributed by atoms with van der Waals surface area (Å²) in [6.45, 7) is 3.40. The third kappa shape index (κ3) is 4.21. The van der Waals surface area contributed by atoms with Crippen LogP contribution < -0.4 is 5.32 Å². The molecule has 1 atom stereocenters. The lowest BCUT2D eigenvalue weighted by molar-refractivity contribution is -0.141. The van der Waals surface area contributed by atoms with Gasteiger partial charge in [0.25, 0.3) is 0 Å². The number of aliphatic carboxylic acids is 1. The lowest BCUT2D eigenvalue weighted by atomic mass is 10.0. The first-order valence-corrected chi connectivity index (χ1v) is 7.40. The average molecular weight is 290 g/mol. The Morgan fingerprint density at radius 2 is 2.05 bits per heavy atom. The van der Waals surface area contributed by atoms with Crippen LogP contribution >= 0.6 is 0 Å². The number of nitrogens with one attached hydrogen (secondary N) is 1. The van der Waals surface area contributed by atoms with E-state index in [9.17, 15) is 9.59 Å². The summed E-state index contributed by atoms with van der Waals surface area (Å²) in [5.41, 5.74) is 2.51. The second-order valence-electron chi connectivity index (χ2n) is 5.55. The van der Waals surface area contributed by atoms with Crippen molar-refractivity contribution >= 4 is 12.0 Å². The van der Waals surface area contributed by atoms with Crippen LogP contribution in [0.2, 0.25) is 0 Å². The maximum Gasteiger partial charge on any atom is 0.317 e. The fraction of sp³-hybridized carbons (Fsp3) is 0.500. The van der Waals surface area contributed by atoms with E-state index in [-0.39, 0.29) is 6.03 Å². The zero-order chi connectivity index (χ0) is 15.2. The van der Waals surface area contributed by atoms with Crippen LogP contribution in [-0.2, 0) is 17.8 Å². The Morgan fingerprint density at radius 1 is 1.33 bits per heavy atom. The van der Waals surface area contributed by atoms with Crippen molar-refractivity contribution < 1.29 is 14.7 Å². The van der Waals surface area contributed by atoms with Gasteiger partial charge in [-0.05, 0) is 30.4 Å². The molecule has 2 N–H and O–H groups in total. The number of carbonyl (C=O) groups excluding carboxylic acids is 1. The first kappa shape index (κ1) is 15.4. The van der Waals surface area contributed by atoms with Crippen LogP contribution in [0.25, 0.3) is 0 Å². The van der Waals surface area contributed by atoms with E-state index in [2.05, 4.69) is 17.4 Å². The van der Waals surface area contributed by atoms with Gasteiger partial charge in [-0.2, -0.15) is 0 Å². The highest BCUT2D eigenvalue weighted by Gasteiger charge is 2.19. The molecular weight excluding hydrogens is 268 g/mol. The molecule has 2 rings (SSSR count). The van der Waals surface area contributed by atoms with Gasteiger partial charge in [0.2, 0.25) is 0 Å². The number of hydrogen-bond acceptors (Lipinski definition) is 2. The van der Waals surface area contributed by atoms with Gasteiger partial charge in [0.1, 0.15) is 0 Å².